The molecule has 4 N–H and O–H groups in total. The van der Waals surface area contributed by atoms with Crippen molar-refractivity contribution in [1.29, 1.82) is 0 Å². The summed E-state index contributed by atoms with van der Waals surface area (Å²) in [4.78, 5) is 12.5. The molecule has 0 aliphatic rings. The number of carbonyl (C=O) groups is 1. The Bertz CT molecular complexity index is 450. The molecule has 0 aliphatic carbocycles. The number of alkyl carbamates (subject to hydrolysis) is 1. The average Bonchev–Trinajstić information content (AvgIpc) is 2.71. The fourth-order valence-corrected chi connectivity index (χ4v) is 2.15. The van der Waals surface area contributed by atoms with E-state index < -0.39 is 11.7 Å². The van der Waals surface area contributed by atoms with Gasteiger partial charge in [0.1, 0.15) is 5.60 Å². The fraction of sp³-hybridized carbons (Fsp3) is 0.500. The lowest BCUT2D eigenvalue weighted by atomic mass is 10.2. The molecule has 0 unspecified atom stereocenters. The molecule has 0 fully saturated rings. The molecule has 6 heteroatoms. The molecule has 0 saturated carbocycles. The van der Waals surface area contributed by atoms with Crippen molar-refractivity contribution in [3.05, 3.63) is 28.5 Å². The van der Waals surface area contributed by atoms with Crippen LogP contribution in [0.4, 0.5) is 10.5 Å². The Morgan fingerprint density at radius 1 is 1.40 bits per heavy atom. The highest BCUT2D eigenvalue weighted by Gasteiger charge is 2.14. The first-order chi connectivity index (χ1) is 9.38. The van der Waals surface area contributed by atoms with Crippen LogP contribution >= 0.6 is 11.3 Å². The van der Waals surface area contributed by atoms with E-state index in [9.17, 15) is 4.79 Å². The van der Waals surface area contributed by atoms with Gasteiger partial charge in [-0.1, -0.05) is 12.2 Å². The highest BCUT2D eigenvalue weighted by Crippen LogP contribution is 2.17. The van der Waals surface area contributed by atoms with Crippen molar-refractivity contribution in [2.45, 2.75) is 32.9 Å². The van der Waals surface area contributed by atoms with Crippen LogP contribution in [0.1, 0.15) is 25.6 Å². The number of nitrogens with two attached hydrogens (primary N) is 1. The summed E-state index contributed by atoms with van der Waals surface area (Å²) in [5.41, 5.74) is 6.15. The second kappa shape index (κ2) is 7.91. The van der Waals surface area contributed by atoms with E-state index in [1.165, 1.54) is 0 Å². The molecule has 1 aromatic heterocycles. The lowest BCUT2D eigenvalue weighted by Crippen LogP contribution is -2.32. The van der Waals surface area contributed by atoms with Gasteiger partial charge in [0.15, 0.2) is 0 Å². The number of rotatable bonds is 6. The van der Waals surface area contributed by atoms with Gasteiger partial charge in [-0.25, -0.2) is 4.79 Å². The first kappa shape index (κ1) is 16.5. The van der Waals surface area contributed by atoms with Crippen LogP contribution < -0.4 is 16.4 Å². The van der Waals surface area contributed by atoms with E-state index in [4.69, 9.17) is 10.5 Å². The van der Waals surface area contributed by atoms with Gasteiger partial charge in [0.05, 0.1) is 0 Å². The molecular weight excluding hydrogens is 274 g/mol. The van der Waals surface area contributed by atoms with E-state index in [-0.39, 0.29) is 0 Å². The summed E-state index contributed by atoms with van der Waals surface area (Å²) in [6, 6.07) is 1.91. The number of nitrogen functional groups attached to an aromatic ring is 1. The molecule has 0 radical (unpaired) electrons. The highest BCUT2D eigenvalue weighted by atomic mass is 32.1. The fourth-order valence-electron chi connectivity index (χ4n) is 1.39. The quantitative estimate of drug-likeness (QED) is 0.557. The van der Waals surface area contributed by atoms with Crippen molar-refractivity contribution in [2.75, 3.05) is 18.8 Å². The van der Waals surface area contributed by atoms with Crippen molar-refractivity contribution < 1.29 is 9.53 Å². The summed E-state index contributed by atoms with van der Waals surface area (Å²) in [5.74, 6) is 0. The lowest BCUT2D eigenvalue weighted by molar-refractivity contribution is 0.0534. The maximum absolute atomic E-state index is 11.3. The molecule has 112 valence electrons. The van der Waals surface area contributed by atoms with Gasteiger partial charge >= 0.3 is 6.09 Å². The smallest absolute Gasteiger partial charge is 0.407 e. The largest absolute Gasteiger partial charge is 0.444 e. The lowest BCUT2D eigenvalue weighted by Gasteiger charge is -2.19. The van der Waals surface area contributed by atoms with E-state index in [2.05, 4.69) is 10.6 Å². The minimum atomic E-state index is -0.462. The topological polar surface area (TPSA) is 76.4 Å². The number of amides is 1. The monoisotopic (exact) mass is 297 g/mol. The van der Waals surface area contributed by atoms with Crippen molar-refractivity contribution in [2.24, 2.45) is 0 Å². The Labute approximate surface area is 124 Å². The molecule has 0 atom stereocenters. The van der Waals surface area contributed by atoms with E-state index in [1.807, 2.05) is 44.4 Å². The van der Waals surface area contributed by atoms with E-state index in [1.54, 1.807) is 11.3 Å². The Balaban J connectivity index is 2.08. The minimum Gasteiger partial charge on any atom is -0.444 e. The second-order valence-corrected chi connectivity index (χ2v) is 6.28. The van der Waals surface area contributed by atoms with E-state index >= 15 is 0 Å². The van der Waals surface area contributed by atoms with E-state index in [0.717, 1.165) is 23.7 Å². The molecule has 1 rings (SSSR count). The Morgan fingerprint density at radius 3 is 2.70 bits per heavy atom. The zero-order valence-corrected chi connectivity index (χ0v) is 13.0. The molecule has 0 aromatic carbocycles. The molecule has 1 aromatic rings. The summed E-state index contributed by atoms with van der Waals surface area (Å²) in [5, 5.41) is 7.89. The molecule has 1 amide bonds. The maximum Gasteiger partial charge on any atom is 0.407 e. The van der Waals surface area contributed by atoms with Gasteiger partial charge in [0, 0.05) is 30.2 Å². The summed E-state index contributed by atoms with van der Waals surface area (Å²) < 4.78 is 5.12. The molecule has 0 saturated heterocycles. The zero-order chi connectivity index (χ0) is 15.0. The minimum absolute atomic E-state index is 0.401. The first-order valence-corrected chi connectivity index (χ1v) is 7.41. The second-order valence-electron chi connectivity index (χ2n) is 5.28. The third kappa shape index (κ3) is 7.16. The maximum atomic E-state index is 11.3. The van der Waals surface area contributed by atoms with Crippen LogP contribution in [-0.2, 0) is 11.3 Å². The normalized spacial score (nSPS) is 11.8. The van der Waals surface area contributed by atoms with Crippen LogP contribution in [0.15, 0.2) is 23.6 Å². The van der Waals surface area contributed by atoms with Crippen molar-refractivity contribution in [3.8, 4) is 0 Å². The SMILES string of the molecule is CC(C)(C)OC(=O)NC/C=C/CNCc1sccc1N. The van der Waals surface area contributed by atoms with Crippen LogP contribution in [0.5, 0.6) is 0 Å². The van der Waals surface area contributed by atoms with Gasteiger partial charge in [-0.3, -0.25) is 0 Å². The summed E-state index contributed by atoms with van der Waals surface area (Å²) in [6.07, 6.45) is 3.44. The first-order valence-electron chi connectivity index (χ1n) is 6.53. The predicted molar refractivity (Wildman–Crippen MR) is 83.8 cm³/mol. The summed E-state index contributed by atoms with van der Waals surface area (Å²) in [7, 11) is 0. The van der Waals surface area contributed by atoms with Gasteiger partial charge in [0.25, 0.3) is 0 Å². The van der Waals surface area contributed by atoms with Crippen molar-refractivity contribution in [1.82, 2.24) is 10.6 Å². The summed E-state index contributed by atoms with van der Waals surface area (Å²) in [6.45, 7) is 7.45. The summed E-state index contributed by atoms with van der Waals surface area (Å²) >= 11 is 1.64. The van der Waals surface area contributed by atoms with Crippen LogP contribution in [0.2, 0.25) is 0 Å². The van der Waals surface area contributed by atoms with Gasteiger partial charge < -0.3 is 21.1 Å². The van der Waals surface area contributed by atoms with Gasteiger partial charge in [-0.05, 0) is 32.2 Å². The van der Waals surface area contributed by atoms with Gasteiger partial charge in [-0.2, -0.15) is 0 Å². The van der Waals surface area contributed by atoms with Gasteiger partial charge in [-0.15, -0.1) is 11.3 Å². The van der Waals surface area contributed by atoms with Crippen LogP contribution in [0.3, 0.4) is 0 Å². The number of ether oxygens (including phenoxy) is 1. The molecular formula is C14H23N3O2S. The molecule has 0 spiro atoms. The molecule has 5 nitrogen and oxygen atoms in total. The number of nitrogens with one attached hydrogen (secondary N) is 2. The predicted octanol–water partition coefficient (Wildman–Crippen LogP) is 2.50. The number of hydrogen-bond donors (Lipinski definition) is 3. The molecule has 0 aliphatic heterocycles. The van der Waals surface area contributed by atoms with Crippen molar-refractivity contribution in [3.63, 3.8) is 0 Å². The average molecular weight is 297 g/mol. The van der Waals surface area contributed by atoms with Crippen LogP contribution in [0, 0.1) is 0 Å². The highest BCUT2D eigenvalue weighted by molar-refractivity contribution is 7.10. The van der Waals surface area contributed by atoms with Crippen LogP contribution in [0.25, 0.3) is 0 Å². The van der Waals surface area contributed by atoms with Crippen molar-refractivity contribution >= 4 is 23.1 Å². The standard InChI is InChI=1S/C14H23N3O2S/c1-14(2,3)19-13(18)17-8-5-4-7-16-10-12-11(15)6-9-20-12/h4-6,9,16H,7-8,10,15H2,1-3H3,(H,17,18)/b5-4+. The zero-order valence-electron chi connectivity index (χ0n) is 12.2. The molecule has 0 bridgehead atoms. The third-order valence-corrected chi connectivity index (χ3v) is 3.19. The number of carbonyl (C=O) groups excluding carboxylic acids is 1. The number of thiophene rings is 1. The number of hydrogen-bond acceptors (Lipinski definition) is 5. The van der Waals surface area contributed by atoms with E-state index in [0.29, 0.717) is 6.54 Å². The Morgan fingerprint density at radius 2 is 2.10 bits per heavy atom. The number of anilines is 1. The molecule has 1 heterocycles. The molecule has 20 heavy (non-hydrogen) atoms. The van der Waals surface area contributed by atoms with Crippen LogP contribution in [-0.4, -0.2) is 24.8 Å². The third-order valence-electron chi connectivity index (χ3n) is 2.26. The Kier molecular flexibility index (Phi) is 6.54. The van der Waals surface area contributed by atoms with Gasteiger partial charge in [0.2, 0.25) is 0 Å². The Hall–Kier alpha value is -1.53.